The van der Waals surface area contributed by atoms with E-state index in [4.69, 9.17) is 0 Å². The highest BCUT2D eigenvalue weighted by Gasteiger charge is 2.35. The first-order valence-electron chi connectivity index (χ1n) is 7.46. The lowest BCUT2D eigenvalue weighted by Crippen LogP contribution is -2.20. The molecule has 2 aromatic heterocycles. The van der Waals surface area contributed by atoms with Crippen LogP contribution in [-0.2, 0) is 6.18 Å². The number of pyridine rings is 2. The van der Waals surface area contributed by atoms with Gasteiger partial charge < -0.3 is 4.90 Å². The second-order valence-electron chi connectivity index (χ2n) is 5.72. The van der Waals surface area contributed by atoms with Gasteiger partial charge in [0.2, 0.25) is 0 Å². The number of alkyl halides is 3. The summed E-state index contributed by atoms with van der Waals surface area (Å²) in [6, 6.07) is 6.62. The van der Waals surface area contributed by atoms with Crippen LogP contribution < -0.4 is 4.90 Å². The molecule has 0 bridgehead atoms. The van der Waals surface area contributed by atoms with Gasteiger partial charge in [0, 0.05) is 12.4 Å². The smallest absolute Gasteiger partial charge is 0.314 e. The lowest BCUT2D eigenvalue weighted by atomic mass is 9.99. The predicted octanol–water partition coefficient (Wildman–Crippen LogP) is 5.13. The zero-order valence-electron chi connectivity index (χ0n) is 13.2. The van der Waals surface area contributed by atoms with E-state index >= 15 is 0 Å². The largest absolute Gasteiger partial charge is 0.416 e. The molecule has 0 aliphatic carbocycles. The molecule has 0 radical (unpaired) electrons. The molecule has 1 aliphatic rings. The minimum atomic E-state index is -4.40. The van der Waals surface area contributed by atoms with Gasteiger partial charge in [0.1, 0.15) is 5.82 Å². The molecule has 0 aromatic carbocycles. The number of hydrogen-bond acceptors (Lipinski definition) is 4. The van der Waals surface area contributed by atoms with Gasteiger partial charge in [0.25, 0.3) is 0 Å². The fraction of sp³-hybridized carbons (Fsp3) is 0.294. The average molecular weight is 351 g/mol. The molecule has 0 atom stereocenters. The van der Waals surface area contributed by atoms with Crippen molar-refractivity contribution in [1.29, 1.82) is 0 Å². The van der Waals surface area contributed by atoms with E-state index in [0.717, 1.165) is 11.8 Å². The summed E-state index contributed by atoms with van der Waals surface area (Å²) in [6.07, 6.45) is -1.41. The minimum Gasteiger partial charge on any atom is -0.314 e. The normalized spacial score (nSPS) is 15.1. The van der Waals surface area contributed by atoms with E-state index in [1.807, 2.05) is 17.5 Å². The van der Waals surface area contributed by atoms with Crippen LogP contribution in [0.5, 0.6) is 0 Å². The molecular weight excluding hydrogens is 335 g/mol. The summed E-state index contributed by atoms with van der Waals surface area (Å²) in [4.78, 5) is 10.3. The highest BCUT2D eigenvalue weighted by molar-refractivity contribution is 8.02. The molecule has 3 rings (SSSR count). The van der Waals surface area contributed by atoms with Crippen LogP contribution >= 0.6 is 11.8 Å². The molecular formula is C17H16F3N3S. The van der Waals surface area contributed by atoms with Gasteiger partial charge in [-0.05, 0) is 35.1 Å². The second-order valence-corrected chi connectivity index (χ2v) is 6.55. The Balaban J connectivity index is 2.02. The highest BCUT2D eigenvalue weighted by atomic mass is 32.2. The Morgan fingerprint density at radius 1 is 1.21 bits per heavy atom. The molecule has 0 spiro atoms. The Morgan fingerprint density at radius 3 is 2.62 bits per heavy atom. The molecule has 1 aliphatic heterocycles. The molecule has 24 heavy (non-hydrogen) atoms. The minimum absolute atomic E-state index is 0.210. The predicted molar refractivity (Wildman–Crippen MR) is 90.5 cm³/mol. The molecule has 0 amide bonds. The number of anilines is 1. The number of rotatable bonds is 3. The molecule has 7 heteroatoms. The molecule has 0 unspecified atom stereocenters. The summed E-state index contributed by atoms with van der Waals surface area (Å²) in [5.41, 5.74) is 1.06. The van der Waals surface area contributed by atoms with Gasteiger partial charge in [-0.15, -0.1) is 11.8 Å². The van der Waals surface area contributed by atoms with Crippen molar-refractivity contribution in [2.24, 2.45) is 0 Å². The maximum atomic E-state index is 13.4. The summed E-state index contributed by atoms with van der Waals surface area (Å²) < 4.78 is 40.3. The molecule has 3 heterocycles. The summed E-state index contributed by atoms with van der Waals surface area (Å²) in [5, 5.41) is 1.90. The Kier molecular flexibility index (Phi) is 4.54. The van der Waals surface area contributed by atoms with Gasteiger partial charge >= 0.3 is 6.18 Å². The lowest BCUT2D eigenvalue weighted by molar-refractivity contribution is -0.138. The molecule has 3 nitrogen and oxygen atoms in total. The van der Waals surface area contributed by atoms with Gasteiger partial charge in [-0.1, -0.05) is 19.9 Å². The molecule has 0 fully saturated rings. The van der Waals surface area contributed by atoms with E-state index in [2.05, 4.69) is 9.97 Å². The molecule has 0 saturated carbocycles. The fourth-order valence-corrected chi connectivity index (χ4v) is 3.44. The van der Waals surface area contributed by atoms with E-state index in [-0.39, 0.29) is 17.3 Å². The van der Waals surface area contributed by atoms with Crippen molar-refractivity contribution in [3.05, 3.63) is 58.9 Å². The van der Waals surface area contributed by atoms with Gasteiger partial charge in [-0.2, -0.15) is 13.2 Å². The summed E-state index contributed by atoms with van der Waals surface area (Å²) >= 11 is 1.51. The van der Waals surface area contributed by atoms with E-state index in [0.29, 0.717) is 11.6 Å². The Bertz CT molecular complexity index is 757. The Labute approximate surface area is 142 Å². The third-order valence-electron chi connectivity index (χ3n) is 3.74. The van der Waals surface area contributed by atoms with Gasteiger partial charge in [-0.25, -0.2) is 4.98 Å². The van der Waals surface area contributed by atoms with Gasteiger partial charge in [0.15, 0.2) is 0 Å². The number of hydrogen-bond donors (Lipinski definition) is 0. The van der Waals surface area contributed by atoms with E-state index in [1.165, 1.54) is 18.0 Å². The molecule has 0 N–H and O–H groups in total. The van der Waals surface area contributed by atoms with Gasteiger partial charge in [0.05, 0.1) is 22.8 Å². The van der Waals surface area contributed by atoms with Gasteiger partial charge in [-0.3, -0.25) is 4.98 Å². The lowest BCUT2D eigenvalue weighted by Gasteiger charge is -2.23. The Hall–Kier alpha value is -2.02. The van der Waals surface area contributed by atoms with Crippen molar-refractivity contribution >= 4 is 23.3 Å². The first kappa shape index (κ1) is 16.8. The number of aromatic nitrogens is 2. The third kappa shape index (κ3) is 3.26. The summed E-state index contributed by atoms with van der Waals surface area (Å²) in [6.45, 7) is 3.47. The van der Waals surface area contributed by atoms with Crippen molar-refractivity contribution < 1.29 is 13.2 Å². The van der Waals surface area contributed by atoms with E-state index in [9.17, 15) is 13.2 Å². The standard InChI is InChI=1S/C17H16F3N3S/c1-11(2)12-8-22-16(7-13(12)17(18,19)20)23-10-24-9-15(23)14-5-3-4-6-21-14/h3-9,11H,10H2,1-2H3. The van der Waals surface area contributed by atoms with Crippen LogP contribution in [-0.4, -0.2) is 15.8 Å². The van der Waals surface area contributed by atoms with Crippen LogP contribution in [0, 0.1) is 0 Å². The van der Waals surface area contributed by atoms with Crippen molar-refractivity contribution in [2.75, 3.05) is 10.8 Å². The zero-order chi connectivity index (χ0) is 17.3. The van der Waals surface area contributed by atoms with Crippen LogP contribution in [0.3, 0.4) is 0 Å². The maximum absolute atomic E-state index is 13.4. The Morgan fingerprint density at radius 2 is 2.00 bits per heavy atom. The van der Waals surface area contributed by atoms with Crippen molar-refractivity contribution in [2.45, 2.75) is 25.9 Å². The van der Waals surface area contributed by atoms with E-state index < -0.39 is 11.7 Å². The average Bonchev–Trinajstić information content (AvgIpc) is 3.04. The van der Waals surface area contributed by atoms with Crippen LogP contribution in [0.4, 0.5) is 19.0 Å². The number of nitrogens with zero attached hydrogens (tertiary/aromatic N) is 3. The SMILES string of the molecule is CC(C)c1cnc(N2CSC=C2c2ccccn2)cc1C(F)(F)F. The topological polar surface area (TPSA) is 29.0 Å². The fourth-order valence-electron chi connectivity index (χ4n) is 2.53. The quantitative estimate of drug-likeness (QED) is 0.767. The third-order valence-corrected chi connectivity index (χ3v) is 4.54. The summed E-state index contributed by atoms with van der Waals surface area (Å²) in [5.74, 6) is 0.549. The van der Waals surface area contributed by atoms with Crippen LogP contribution in [0.15, 0.2) is 42.1 Å². The highest BCUT2D eigenvalue weighted by Crippen LogP contribution is 2.39. The number of halogens is 3. The summed E-state index contributed by atoms with van der Waals surface area (Å²) in [7, 11) is 0. The first-order valence-corrected chi connectivity index (χ1v) is 8.50. The molecule has 126 valence electrons. The first-order chi connectivity index (χ1) is 11.4. The van der Waals surface area contributed by atoms with Crippen LogP contribution in [0.1, 0.15) is 36.6 Å². The second kappa shape index (κ2) is 6.47. The van der Waals surface area contributed by atoms with Crippen molar-refractivity contribution in [3.8, 4) is 0 Å². The monoisotopic (exact) mass is 351 g/mol. The molecule has 0 saturated heterocycles. The van der Waals surface area contributed by atoms with Crippen LogP contribution in [0.25, 0.3) is 5.70 Å². The maximum Gasteiger partial charge on any atom is 0.416 e. The molecule has 2 aromatic rings. The van der Waals surface area contributed by atoms with Crippen molar-refractivity contribution in [1.82, 2.24) is 9.97 Å². The van der Waals surface area contributed by atoms with Crippen molar-refractivity contribution in [3.63, 3.8) is 0 Å². The number of thioether (sulfide) groups is 1. The zero-order valence-corrected chi connectivity index (χ0v) is 14.0. The van der Waals surface area contributed by atoms with E-state index in [1.54, 1.807) is 31.0 Å². The van der Waals surface area contributed by atoms with Crippen LogP contribution in [0.2, 0.25) is 0 Å².